The van der Waals surface area contributed by atoms with Gasteiger partial charge in [-0.1, -0.05) is 49.4 Å². The molecule has 3 rings (SSSR count). The van der Waals surface area contributed by atoms with E-state index < -0.39 is 0 Å². The summed E-state index contributed by atoms with van der Waals surface area (Å²) in [5.41, 5.74) is 1.76. The van der Waals surface area contributed by atoms with Gasteiger partial charge in [0.1, 0.15) is 0 Å². The van der Waals surface area contributed by atoms with Crippen LogP contribution in [0.3, 0.4) is 0 Å². The van der Waals surface area contributed by atoms with Crippen molar-refractivity contribution in [2.75, 3.05) is 19.8 Å². The maximum absolute atomic E-state index is 5.49. The molecule has 1 heterocycles. The quantitative estimate of drug-likeness (QED) is 0.903. The van der Waals surface area contributed by atoms with Crippen LogP contribution in [0.1, 0.15) is 38.3 Å². The lowest BCUT2D eigenvalue weighted by atomic mass is 9.82. The molecule has 0 aliphatic carbocycles. The van der Waals surface area contributed by atoms with Crippen molar-refractivity contribution in [2.45, 2.75) is 32.7 Å². The number of fused-ring (bicyclic) bond motifs is 1. The van der Waals surface area contributed by atoms with E-state index in [1.54, 1.807) is 0 Å². The second kappa shape index (κ2) is 6.17. The van der Waals surface area contributed by atoms with E-state index in [9.17, 15) is 0 Å². The fourth-order valence-electron chi connectivity index (χ4n) is 3.18. The first kappa shape index (κ1) is 14.6. The Hall–Kier alpha value is -1.38. The molecule has 1 unspecified atom stereocenters. The number of ether oxygens (including phenoxy) is 1. The number of nitrogens with one attached hydrogen (secondary N) is 1. The Morgan fingerprint density at radius 1 is 1.10 bits per heavy atom. The van der Waals surface area contributed by atoms with E-state index in [0.29, 0.717) is 11.5 Å². The second-order valence-corrected chi connectivity index (χ2v) is 6.59. The molecule has 0 spiro atoms. The Morgan fingerprint density at radius 2 is 1.81 bits per heavy atom. The molecule has 1 N–H and O–H groups in total. The molecule has 2 nitrogen and oxygen atoms in total. The molecule has 1 fully saturated rings. The molecular weight excluding hydrogens is 258 g/mol. The fourth-order valence-corrected chi connectivity index (χ4v) is 3.18. The topological polar surface area (TPSA) is 21.3 Å². The zero-order chi connectivity index (χ0) is 14.7. The lowest BCUT2D eigenvalue weighted by Crippen LogP contribution is -2.37. The Morgan fingerprint density at radius 3 is 2.62 bits per heavy atom. The number of rotatable bonds is 4. The van der Waals surface area contributed by atoms with Gasteiger partial charge in [-0.2, -0.15) is 0 Å². The third kappa shape index (κ3) is 3.28. The van der Waals surface area contributed by atoms with Crippen LogP contribution in [0, 0.1) is 5.41 Å². The summed E-state index contributed by atoms with van der Waals surface area (Å²) in [6, 6.07) is 15.6. The summed E-state index contributed by atoms with van der Waals surface area (Å²) in [6.45, 7) is 7.51. The van der Waals surface area contributed by atoms with E-state index in [-0.39, 0.29) is 0 Å². The average molecular weight is 283 g/mol. The minimum atomic E-state index is 0.371. The monoisotopic (exact) mass is 283 g/mol. The molecule has 0 saturated carbocycles. The SMILES string of the molecule is CC(NCC1(C)CCOCC1)c1cccc2ccccc12. The molecule has 1 saturated heterocycles. The first-order valence-electron chi connectivity index (χ1n) is 7.97. The molecule has 2 aromatic carbocycles. The van der Waals surface area contributed by atoms with Gasteiger partial charge in [0.2, 0.25) is 0 Å². The molecule has 0 amide bonds. The molecular formula is C19H25NO. The lowest BCUT2D eigenvalue weighted by Gasteiger charge is -2.35. The van der Waals surface area contributed by atoms with Crippen molar-refractivity contribution in [1.29, 1.82) is 0 Å². The van der Waals surface area contributed by atoms with E-state index in [4.69, 9.17) is 4.74 Å². The standard InChI is InChI=1S/C19H25NO/c1-15(20-14-19(2)10-12-21-13-11-19)17-9-5-7-16-6-3-4-8-18(16)17/h3-9,15,20H,10-14H2,1-2H3. The maximum atomic E-state index is 5.49. The highest BCUT2D eigenvalue weighted by molar-refractivity contribution is 5.86. The van der Waals surface area contributed by atoms with Gasteiger partial charge in [-0.25, -0.2) is 0 Å². The summed E-state index contributed by atoms with van der Waals surface area (Å²) in [6.07, 6.45) is 2.31. The van der Waals surface area contributed by atoms with E-state index in [2.05, 4.69) is 61.6 Å². The van der Waals surface area contributed by atoms with Crippen LogP contribution in [0.25, 0.3) is 10.8 Å². The summed E-state index contributed by atoms with van der Waals surface area (Å²) >= 11 is 0. The highest BCUT2D eigenvalue weighted by atomic mass is 16.5. The summed E-state index contributed by atoms with van der Waals surface area (Å²) in [5.74, 6) is 0. The Balaban J connectivity index is 1.73. The average Bonchev–Trinajstić information content (AvgIpc) is 2.53. The third-order valence-electron chi connectivity index (χ3n) is 4.82. The Kier molecular flexibility index (Phi) is 4.27. The van der Waals surface area contributed by atoms with Crippen LogP contribution in [0.5, 0.6) is 0 Å². The van der Waals surface area contributed by atoms with Crippen LogP contribution < -0.4 is 5.32 Å². The van der Waals surface area contributed by atoms with Gasteiger partial charge in [0, 0.05) is 25.8 Å². The number of hydrogen-bond donors (Lipinski definition) is 1. The van der Waals surface area contributed by atoms with Crippen molar-refractivity contribution in [1.82, 2.24) is 5.32 Å². The minimum Gasteiger partial charge on any atom is -0.381 e. The first-order valence-corrected chi connectivity index (χ1v) is 7.97. The lowest BCUT2D eigenvalue weighted by molar-refractivity contribution is 0.0231. The molecule has 0 radical (unpaired) electrons. The molecule has 0 aromatic heterocycles. The van der Waals surface area contributed by atoms with Crippen LogP contribution in [-0.2, 0) is 4.74 Å². The van der Waals surface area contributed by atoms with Crippen LogP contribution >= 0.6 is 0 Å². The molecule has 1 aliphatic heterocycles. The van der Waals surface area contributed by atoms with Gasteiger partial charge >= 0.3 is 0 Å². The molecule has 2 heteroatoms. The van der Waals surface area contributed by atoms with Crippen molar-refractivity contribution < 1.29 is 4.74 Å². The van der Waals surface area contributed by atoms with E-state index >= 15 is 0 Å². The molecule has 1 aliphatic rings. The first-order chi connectivity index (χ1) is 10.2. The van der Waals surface area contributed by atoms with Crippen molar-refractivity contribution in [3.63, 3.8) is 0 Å². The predicted octanol–water partition coefficient (Wildman–Crippen LogP) is 4.31. The smallest absolute Gasteiger partial charge is 0.0471 e. The van der Waals surface area contributed by atoms with Gasteiger partial charge in [0.05, 0.1) is 0 Å². The Bertz CT molecular complexity index is 596. The Labute approximate surface area is 127 Å². The third-order valence-corrected chi connectivity index (χ3v) is 4.82. The van der Waals surface area contributed by atoms with Gasteiger partial charge in [-0.3, -0.25) is 0 Å². The van der Waals surface area contributed by atoms with E-state index in [1.807, 2.05) is 0 Å². The summed E-state index contributed by atoms with van der Waals surface area (Å²) < 4.78 is 5.49. The summed E-state index contributed by atoms with van der Waals surface area (Å²) in [5, 5.41) is 6.42. The number of benzene rings is 2. The largest absolute Gasteiger partial charge is 0.381 e. The van der Waals surface area contributed by atoms with Crippen LogP contribution in [-0.4, -0.2) is 19.8 Å². The van der Waals surface area contributed by atoms with Crippen LogP contribution in [0.2, 0.25) is 0 Å². The fraction of sp³-hybridized carbons (Fsp3) is 0.474. The summed E-state index contributed by atoms with van der Waals surface area (Å²) in [4.78, 5) is 0. The van der Waals surface area contributed by atoms with Gasteiger partial charge in [0.15, 0.2) is 0 Å². The maximum Gasteiger partial charge on any atom is 0.0471 e. The van der Waals surface area contributed by atoms with Crippen molar-refractivity contribution in [3.05, 3.63) is 48.0 Å². The van der Waals surface area contributed by atoms with Crippen LogP contribution in [0.15, 0.2) is 42.5 Å². The molecule has 1 atom stereocenters. The normalized spacial score (nSPS) is 19.5. The minimum absolute atomic E-state index is 0.371. The van der Waals surface area contributed by atoms with Crippen LogP contribution in [0.4, 0.5) is 0 Å². The molecule has 0 bridgehead atoms. The second-order valence-electron chi connectivity index (χ2n) is 6.59. The van der Waals surface area contributed by atoms with E-state index in [0.717, 1.165) is 32.6 Å². The molecule has 21 heavy (non-hydrogen) atoms. The number of hydrogen-bond acceptors (Lipinski definition) is 2. The highest BCUT2D eigenvalue weighted by Gasteiger charge is 2.27. The zero-order valence-corrected chi connectivity index (χ0v) is 13.1. The predicted molar refractivity (Wildman–Crippen MR) is 88.5 cm³/mol. The summed E-state index contributed by atoms with van der Waals surface area (Å²) in [7, 11) is 0. The van der Waals surface area contributed by atoms with E-state index in [1.165, 1.54) is 16.3 Å². The van der Waals surface area contributed by atoms with Gasteiger partial charge < -0.3 is 10.1 Å². The van der Waals surface area contributed by atoms with Gasteiger partial charge in [-0.15, -0.1) is 0 Å². The molecule has 2 aromatic rings. The zero-order valence-electron chi connectivity index (χ0n) is 13.1. The highest BCUT2D eigenvalue weighted by Crippen LogP contribution is 2.30. The van der Waals surface area contributed by atoms with Gasteiger partial charge in [-0.05, 0) is 41.5 Å². The van der Waals surface area contributed by atoms with Gasteiger partial charge in [0.25, 0.3) is 0 Å². The van der Waals surface area contributed by atoms with Crippen molar-refractivity contribution in [3.8, 4) is 0 Å². The van der Waals surface area contributed by atoms with Crippen molar-refractivity contribution in [2.24, 2.45) is 5.41 Å². The van der Waals surface area contributed by atoms with Crippen molar-refractivity contribution >= 4 is 10.8 Å². The molecule has 112 valence electrons.